The van der Waals surface area contributed by atoms with E-state index in [1.54, 1.807) is 0 Å². The molecule has 0 aromatic carbocycles. The summed E-state index contributed by atoms with van der Waals surface area (Å²) in [5.41, 5.74) is 0. The largest absolute Gasteiger partial charge is 0.379 e. The monoisotopic (exact) mass is 237 g/mol. The Kier molecular flexibility index (Phi) is 3.48. The quantitative estimate of drug-likeness (QED) is 0.697. The van der Waals surface area contributed by atoms with Crippen LogP contribution in [0.15, 0.2) is 0 Å². The first kappa shape index (κ1) is 11.7. The lowest BCUT2D eigenvalue weighted by atomic mass is 9.75. The molecule has 2 bridgehead atoms. The van der Waals surface area contributed by atoms with E-state index in [-0.39, 0.29) is 0 Å². The van der Waals surface area contributed by atoms with E-state index in [9.17, 15) is 4.79 Å². The van der Waals surface area contributed by atoms with Crippen LogP contribution in [0.2, 0.25) is 0 Å². The second-order valence-electron chi connectivity index (χ2n) is 5.78. The van der Waals surface area contributed by atoms with Gasteiger partial charge in [0.2, 0.25) is 0 Å². The molecule has 3 heteroatoms. The number of Topliss-reactive ketones (excluding diaryl/α,β-unsaturated/α-hetero) is 1. The van der Waals surface area contributed by atoms with Gasteiger partial charge in [-0.25, -0.2) is 0 Å². The normalized spacial score (nSPS) is 40.0. The summed E-state index contributed by atoms with van der Waals surface area (Å²) < 4.78 is 5.42. The molecule has 0 N–H and O–H groups in total. The third-order valence-electron chi connectivity index (χ3n) is 4.88. The van der Waals surface area contributed by atoms with Gasteiger partial charge in [0.05, 0.1) is 13.2 Å². The maximum Gasteiger partial charge on any atom is 0.140 e. The Morgan fingerprint density at radius 1 is 1.00 bits per heavy atom. The molecule has 3 fully saturated rings. The minimum atomic E-state index is 0.342. The SMILES string of the molecule is O=C1[C@@H]2CCCC[C@@H]1[C@H](N1CCOCC1)CC2. The molecule has 2 aliphatic carbocycles. The Hall–Kier alpha value is -0.410. The van der Waals surface area contributed by atoms with Crippen LogP contribution in [0.4, 0.5) is 0 Å². The van der Waals surface area contributed by atoms with Crippen LogP contribution in [-0.2, 0) is 9.53 Å². The first-order valence-corrected chi connectivity index (χ1v) is 7.22. The maximum absolute atomic E-state index is 12.4. The molecule has 3 nitrogen and oxygen atoms in total. The van der Waals surface area contributed by atoms with Crippen molar-refractivity contribution in [2.45, 2.75) is 44.6 Å². The van der Waals surface area contributed by atoms with Gasteiger partial charge in [-0.15, -0.1) is 0 Å². The molecule has 3 rings (SSSR count). The second-order valence-corrected chi connectivity index (χ2v) is 5.78. The molecule has 0 aromatic rings. The van der Waals surface area contributed by atoms with Crippen molar-refractivity contribution in [2.24, 2.45) is 11.8 Å². The van der Waals surface area contributed by atoms with Crippen molar-refractivity contribution in [2.75, 3.05) is 26.3 Å². The zero-order chi connectivity index (χ0) is 11.7. The molecule has 0 aromatic heterocycles. The number of nitrogens with zero attached hydrogens (tertiary/aromatic N) is 1. The molecule has 1 heterocycles. The van der Waals surface area contributed by atoms with Crippen LogP contribution >= 0.6 is 0 Å². The van der Waals surface area contributed by atoms with Crippen molar-refractivity contribution in [1.29, 1.82) is 0 Å². The molecule has 3 aliphatic rings. The number of fused-ring (bicyclic) bond motifs is 2. The Balaban J connectivity index is 1.73. The van der Waals surface area contributed by atoms with E-state index in [0.29, 0.717) is 23.7 Å². The zero-order valence-corrected chi connectivity index (χ0v) is 10.6. The van der Waals surface area contributed by atoms with Crippen LogP contribution < -0.4 is 0 Å². The predicted molar refractivity (Wildman–Crippen MR) is 65.9 cm³/mol. The average Bonchev–Trinajstić information content (AvgIpc) is 2.49. The molecule has 2 saturated carbocycles. The lowest BCUT2D eigenvalue weighted by Gasteiger charge is -2.42. The summed E-state index contributed by atoms with van der Waals surface area (Å²) in [7, 11) is 0. The highest BCUT2D eigenvalue weighted by Crippen LogP contribution is 2.38. The molecule has 1 aliphatic heterocycles. The summed E-state index contributed by atoms with van der Waals surface area (Å²) >= 11 is 0. The number of carbonyl (C=O) groups excluding carboxylic acids is 1. The summed E-state index contributed by atoms with van der Waals surface area (Å²) in [5.74, 6) is 1.33. The molecule has 1 saturated heterocycles. The van der Waals surface area contributed by atoms with Gasteiger partial charge in [0, 0.05) is 31.0 Å². The van der Waals surface area contributed by atoms with Crippen LogP contribution in [-0.4, -0.2) is 43.0 Å². The van der Waals surface area contributed by atoms with Gasteiger partial charge in [0.15, 0.2) is 0 Å². The topological polar surface area (TPSA) is 29.5 Å². The number of morpholine rings is 1. The Morgan fingerprint density at radius 2 is 1.76 bits per heavy atom. The second kappa shape index (κ2) is 5.07. The van der Waals surface area contributed by atoms with E-state index in [0.717, 1.165) is 45.6 Å². The third-order valence-corrected chi connectivity index (χ3v) is 4.88. The van der Waals surface area contributed by atoms with Gasteiger partial charge in [0.1, 0.15) is 5.78 Å². The number of ether oxygens (including phenoxy) is 1. The molecule has 17 heavy (non-hydrogen) atoms. The molecule has 0 amide bonds. The zero-order valence-electron chi connectivity index (χ0n) is 10.6. The average molecular weight is 237 g/mol. The van der Waals surface area contributed by atoms with Crippen molar-refractivity contribution in [1.82, 2.24) is 4.90 Å². The molecule has 0 unspecified atom stereocenters. The van der Waals surface area contributed by atoms with Crippen LogP contribution in [0, 0.1) is 11.8 Å². The highest BCUT2D eigenvalue weighted by atomic mass is 16.5. The van der Waals surface area contributed by atoms with E-state index in [2.05, 4.69) is 4.90 Å². The first-order chi connectivity index (χ1) is 8.36. The number of hydrogen-bond acceptors (Lipinski definition) is 3. The summed E-state index contributed by atoms with van der Waals surface area (Å²) in [5, 5.41) is 0. The van der Waals surface area contributed by atoms with Crippen LogP contribution in [0.25, 0.3) is 0 Å². The molecule has 0 radical (unpaired) electrons. The fourth-order valence-corrected chi connectivity index (χ4v) is 3.93. The highest BCUT2D eigenvalue weighted by molar-refractivity contribution is 5.85. The Morgan fingerprint density at radius 3 is 2.59 bits per heavy atom. The molecule has 0 spiro atoms. The smallest absolute Gasteiger partial charge is 0.140 e. The van der Waals surface area contributed by atoms with Gasteiger partial charge < -0.3 is 4.74 Å². The van der Waals surface area contributed by atoms with Gasteiger partial charge in [-0.05, 0) is 25.7 Å². The molecule has 3 atom stereocenters. The first-order valence-electron chi connectivity index (χ1n) is 7.22. The van der Waals surface area contributed by atoms with Crippen molar-refractivity contribution in [3.8, 4) is 0 Å². The van der Waals surface area contributed by atoms with Gasteiger partial charge in [-0.2, -0.15) is 0 Å². The maximum atomic E-state index is 12.4. The summed E-state index contributed by atoms with van der Waals surface area (Å²) in [6, 6.07) is 0.528. The van der Waals surface area contributed by atoms with E-state index in [1.807, 2.05) is 0 Å². The van der Waals surface area contributed by atoms with Gasteiger partial charge >= 0.3 is 0 Å². The van der Waals surface area contributed by atoms with Gasteiger partial charge in [-0.1, -0.05) is 12.8 Å². The molecular weight excluding hydrogens is 214 g/mol. The van der Waals surface area contributed by atoms with Crippen LogP contribution in [0.5, 0.6) is 0 Å². The number of rotatable bonds is 1. The molecular formula is C14H23NO2. The van der Waals surface area contributed by atoms with Crippen molar-refractivity contribution < 1.29 is 9.53 Å². The van der Waals surface area contributed by atoms with Crippen LogP contribution in [0.1, 0.15) is 38.5 Å². The lowest BCUT2D eigenvalue weighted by molar-refractivity contribution is -0.133. The minimum absolute atomic E-state index is 0.342. The Labute approximate surface area is 104 Å². The lowest BCUT2D eigenvalue weighted by Crippen LogP contribution is -2.51. The van der Waals surface area contributed by atoms with E-state index < -0.39 is 0 Å². The Bertz CT molecular complexity index is 286. The summed E-state index contributed by atoms with van der Waals surface area (Å²) in [6.45, 7) is 3.75. The number of carbonyl (C=O) groups is 1. The van der Waals surface area contributed by atoms with E-state index in [4.69, 9.17) is 4.74 Å². The fourth-order valence-electron chi connectivity index (χ4n) is 3.93. The number of hydrogen-bond donors (Lipinski definition) is 0. The summed E-state index contributed by atoms with van der Waals surface area (Å²) in [6.07, 6.45) is 7.19. The van der Waals surface area contributed by atoms with Crippen molar-refractivity contribution >= 4 is 5.78 Å². The standard InChI is InChI=1S/C14H23NO2/c16-14-11-3-1-2-4-12(14)13(6-5-11)15-7-9-17-10-8-15/h11-13H,1-10H2/t11-,12-,13-/m1/s1. The summed E-state index contributed by atoms with van der Waals surface area (Å²) in [4.78, 5) is 14.9. The highest BCUT2D eigenvalue weighted by Gasteiger charge is 2.41. The van der Waals surface area contributed by atoms with Crippen molar-refractivity contribution in [3.63, 3.8) is 0 Å². The molecule has 96 valence electrons. The van der Waals surface area contributed by atoms with Crippen molar-refractivity contribution in [3.05, 3.63) is 0 Å². The fraction of sp³-hybridized carbons (Fsp3) is 0.929. The van der Waals surface area contributed by atoms with E-state index >= 15 is 0 Å². The van der Waals surface area contributed by atoms with Crippen LogP contribution in [0.3, 0.4) is 0 Å². The van der Waals surface area contributed by atoms with Gasteiger partial charge in [-0.3, -0.25) is 9.69 Å². The van der Waals surface area contributed by atoms with E-state index in [1.165, 1.54) is 19.3 Å². The predicted octanol–water partition coefficient (Wildman–Crippen LogP) is 1.86. The minimum Gasteiger partial charge on any atom is -0.379 e. The van der Waals surface area contributed by atoms with Gasteiger partial charge in [0.25, 0.3) is 0 Å². The number of ketones is 1. The third kappa shape index (κ3) is 2.27.